The van der Waals surface area contributed by atoms with Crippen LogP contribution in [-0.2, 0) is 0 Å². The van der Waals surface area contributed by atoms with Crippen LogP contribution >= 0.6 is 11.6 Å². The van der Waals surface area contributed by atoms with Gasteiger partial charge in [0.1, 0.15) is 0 Å². The highest BCUT2D eigenvalue weighted by Crippen LogP contribution is 2.26. The molecule has 0 bridgehead atoms. The van der Waals surface area contributed by atoms with Crippen LogP contribution in [0.2, 0.25) is 5.02 Å². The van der Waals surface area contributed by atoms with Crippen molar-refractivity contribution in [2.45, 2.75) is 13.3 Å². The van der Waals surface area contributed by atoms with Gasteiger partial charge in [0, 0.05) is 25.1 Å². The molecular formula is C11H11ClN2O2. The predicted molar refractivity (Wildman–Crippen MR) is 64.7 cm³/mol. The first-order valence-electron chi connectivity index (χ1n) is 4.72. The molecule has 0 radical (unpaired) electrons. The van der Waals surface area contributed by atoms with Crippen LogP contribution in [0.15, 0.2) is 18.2 Å². The molecule has 4 nitrogen and oxygen atoms in total. The fraction of sp³-hybridized carbons (Fsp3) is 0.273. The Hall–Kier alpha value is -1.73. The number of halogens is 1. The van der Waals surface area contributed by atoms with Crippen LogP contribution in [0.5, 0.6) is 0 Å². The van der Waals surface area contributed by atoms with Crippen molar-refractivity contribution in [1.29, 1.82) is 0 Å². The van der Waals surface area contributed by atoms with Crippen LogP contribution in [0, 0.1) is 22.0 Å². The Balaban J connectivity index is 2.67. The molecule has 1 aromatic rings. The highest BCUT2D eigenvalue weighted by Gasteiger charge is 2.08. The Morgan fingerprint density at radius 3 is 2.88 bits per heavy atom. The molecule has 0 heterocycles. The lowest BCUT2D eigenvalue weighted by atomic mass is 10.2. The average Bonchev–Trinajstić information content (AvgIpc) is 2.26. The third kappa shape index (κ3) is 3.44. The van der Waals surface area contributed by atoms with Crippen molar-refractivity contribution >= 4 is 23.0 Å². The molecule has 0 spiro atoms. The van der Waals surface area contributed by atoms with Crippen LogP contribution in [0.25, 0.3) is 0 Å². The summed E-state index contributed by atoms with van der Waals surface area (Å²) in [6.45, 7) is 2.44. The molecule has 16 heavy (non-hydrogen) atoms. The minimum atomic E-state index is -0.474. The molecule has 0 aliphatic rings. The summed E-state index contributed by atoms with van der Waals surface area (Å²) < 4.78 is 0. The van der Waals surface area contributed by atoms with Crippen LogP contribution in [0.3, 0.4) is 0 Å². The molecule has 0 atom stereocenters. The molecular weight excluding hydrogens is 228 g/mol. The molecule has 5 heteroatoms. The van der Waals surface area contributed by atoms with Crippen LogP contribution < -0.4 is 5.32 Å². The summed E-state index contributed by atoms with van der Waals surface area (Å²) in [5.74, 6) is 5.68. The molecule has 84 valence electrons. The highest BCUT2D eigenvalue weighted by atomic mass is 35.5. The SMILES string of the molecule is CC#CCCNc1ccc([N+](=O)[O-])cc1Cl. The third-order valence-electron chi connectivity index (χ3n) is 1.91. The summed E-state index contributed by atoms with van der Waals surface area (Å²) in [6.07, 6.45) is 0.712. The van der Waals surface area contributed by atoms with Gasteiger partial charge in [0.25, 0.3) is 5.69 Å². The normalized spacial score (nSPS) is 9.12. The molecule has 0 saturated carbocycles. The monoisotopic (exact) mass is 238 g/mol. The number of nitrogens with one attached hydrogen (secondary N) is 1. The van der Waals surface area contributed by atoms with Crippen molar-refractivity contribution in [1.82, 2.24) is 0 Å². The Morgan fingerprint density at radius 2 is 2.31 bits per heavy atom. The third-order valence-corrected chi connectivity index (χ3v) is 2.22. The lowest BCUT2D eigenvalue weighted by Gasteiger charge is -2.05. The Bertz CT molecular complexity index is 449. The summed E-state index contributed by atoms with van der Waals surface area (Å²) in [5, 5.41) is 13.9. The van der Waals surface area contributed by atoms with Gasteiger partial charge in [-0.3, -0.25) is 10.1 Å². The second kappa shape index (κ2) is 5.99. The van der Waals surface area contributed by atoms with Crippen molar-refractivity contribution in [2.24, 2.45) is 0 Å². The number of anilines is 1. The molecule has 0 unspecified atom stereocenters. The van der Waals surface area contributed by atoms with Crippen molar-refractivity contribution in [3.8, 4) is 11.8 Å². The minimum Gasteiger partial charge on any atom is -0.383 e. The number of non-ortho nitro benzene ring substituents is 1. The number of hydrogen-bond acceptors (Lipinski definition) is 3. The molecule has 0 aromatic heterocycles. The van der Waals surface area contributed by atoms with Gasteiger partial charge in [0.05, 0.1) is 15.6 Å². The maximum absolute atomic E-state index is 10.5. The molecule has 0 aliphatic carbocycles. The van der Waals surface area contributed by atoms with Crippen molar-refractivity contribution in [2.75, 3.05) is 11.9 Å². The first-order valence-corrected chi connectivity index (χ1v) is 5.10. The van der Waals surface area contributed by atoms with Gasteiger partial charge in [-0.2, -0.15) is 0 Å². The van der Waals surface area contributed by atoms with Crippen LogP contribution in [-0.4, -0.2) is 11.5 Å². The summed E-state index contributed by atoms with van der Waals surface area (Å²) in [4.78, 5) is 10.00. The van der Waals surface area contributed by atoms with E-state index >= 15 is 0 Å². The van der Waals surface area contributed by atoms with Gasteiger partial charge in [0.2, 0.25) is 0 Å². The van der Waals surface area contributed by atoms with E-state index in [9.17, 15) is 10.1 Å². The smallest absolute Gasteiger partial charge is 0.271 e. The van der Waals surface area contributed by atoms with Gasteiger partial charge in [-0.25, -0.2) is 0 Å². The summed E-state index contributed by atoms with van der Waals surface area (Å²) >= 11 is 5.88. The van der Waals surface area contributed by atoms with Crippen molar-refractivity contribution < 1.29 is 4.92 Å². The standard InChI is InChI=1S/C11H11ClN2O2/c1-2-3-4-7-13-11-6-5-9(14(15)16)8-10(11)12/h5-6,8,13H,4,7H2,1H3. The fourth-order valence-corrected chi connectivity index (χ4v) is 1.39. The van der Waals surface area contributed by atoms with Gasteiger partial charge >= 0.3 is 0 Å². The molecule has 0 amide bonds. The Labute approximate surface area is 98.8 Å². The number of nitro groups is 1. The summed E-state index contributed by atoms with van der Waals surface area (Å²) in [6, 6.07) is 4.34. The van der Waals surface area contributed by atoms with Gasteiger partial charge in [-0.1, -0.05) is 11.6 Å². The predicted octanol–water partition coefficient (Wildman–Crippen LogP) is 3.07. The Morgan fingerprint density at radius 1 is 1.56 bits per heavy atom. The van der Waals surface area contributed by atoms with Crippen molar-refractivity contribution in [3.63, 3.8) is 0 Å². The van der Waals surface area contributed by atoms with Crippen LogP contribution in [0.1, 0.15) is 13.3 Å². The Kier molecular flexibility index (Phi) is 4.62. The molecule has 1 N–H and O–H groups in total. The number of rotatable bonds is 4. The number of nitro benzene ring substituents is 1. The number of hydrogen-bond donors (Lipinski definition) is 1. The largest absolute Gasteiger partial charge is 0.383 e. The van der Waals surface area contributed by atoms with E-state index in [1.165, 1.54) is 12.1 Å². The van der Waals surface area contributed by atoms with Gasteiger partial charge < -0.3 is 5.32 Å². The fourth-order valence-electron chi connectivity index (χ4n) is 1.15. The maximum atomic E-state index is 10.5. The second-order valence-corrected chi connectivity index (χ2v) is 3.43. The quantitative estimate of drug-likeness (QED) is 0.380. The minimum absolute atomic E-state index is 0.0103. The number of nitrogens with zero attached hydrogens (tertiary/aromatic N) is 1. The van der Waals surface area contributed by atoms with E-state index in [0.717, 1.165) is 0 Å². The molecule has 1 aromatic carbocycles. The van der Waals surface area contributed by atoms with E-state index in [-0.39, 0.29) is 5.69 Å². The summed E-state index contributed by atoms with van der Waals surface area (Å²) in [7, 11) is 0. The van der Waals surface area contributed by atoms with Gasteiger partial charge in [0.15, 0.2) is 0 Å². The van der Waals surface area contributed by atoms with E-state index in [1.54, 1.807) is 13.0 Å². The maximum Gasteiger partial charge on any atom is 0.271 e. The zero-order valence-corrected chi connectivity index (χ0v) is 9.54. The van der Waals surface area contributed by atoms with Crippen molar-refractivity contribution in [3.05, 3.63) is 33.3 Å². The molecule has 0 saturated heterocycles. The van der Waals surface area contributed by atoms with E-state index in [0.29, 0.717) is 23.7 Å². The molecule has 0 fully saturated rings. The second-order valence-electron chi connectivity index (χ2n) is 3.02. The average molecular weight is 239 g/mol. The number of benzene rings is 1. The summed E-state index contributed by atoms with van der Waals surface area (Å²) in [5.41, 5.74) is 0.675. The first-order chi connectivity index (χ1) is 7.65. The first kappa shape index (κ1) is 12.3. The molecule has 0 aliphatic heterocycles. The van der Waals surface area contributed by atoms with E-state index in [4.69, 9.17) is 11.6 Å². The highest BCUT2D eigenvalue weighted by molar-refractivity contribution is 6.33. The van der Waals surface area contributed by atoms with E-state index < -0.39 is 4.92 Å². The lowest BCUT2D eigenvalue weighted by Crippen LogP contribution is -2.01. The van der Waals surface area contributed by atoms with E-state index in [2.05, 4.69) is 17.2 Å². The lowest BCUT2D eigenvalue weighted by molar-refractivity contribution is -0.384. The van der Waals surface area contributed by atoms with Gasteiger partial charge in [-0.05, 0) is 13.0 Å². The van der Waals surface area contributed by atoms with Crippen LogP contribution in [0.4, 0.5) is 11.4 Å². The van der Waals surface area contributed by atoms with Gasteiger partial charge in [-0.15, -0.1) is 11.8 Å². The molecule has 1 rings (SSSR count). The zero-order valence-electron chi connectivity index (χ0n) is 8.79. The topological polar surface area (TPSA) is 55.2 Å². The zero-order chi connectivity index (χ0) is 12.0. The van der Waals surface area contributed by atoms with E-state index in [1.807, 2.05) is 0 Å².